The molecule has 1 aliphatic rings. The first-order valence-corrected chi connectivity index (χ1v) is 7.46. The molecule has 3 aromatic rings. The number of carbonyl (C=O) groups excluding carboxylic acids is 1. The van der Waals surface area contributed by atoms with Crippen LogP contribution in [0.2, 0.25) is 0 Å². The van der Waals surface area contributed by atoms with Gasteiger partial charge >= 0.3 is 6.18 Å². The van der Waals surface area contributed by atoms with Crippen LogP contribution < -0.4 is 0 Å². The molecular weight excluding hydrogens is 331 g/mol. The molecule has 0 atom stereocenters. The molecule has 1 aliphatic heterocycles. The monoisotopic (exact) mass is 341 g/mol. The first kappa shape index (κ1) is 15.4. The van der Waals surface area contributed by atoms with Crippen LogP contribution in [0.4, 0.5) is 18.9 Å². The predicted octanol–water partition coefficient (Wildman–Crippen LogP) is 4.69. The van der Waals surface area contributed by atoms with Gasteiger partial charge in [0.25, 0.3) is 11.5 Å². The normalized spacial score (nSPS) is 14.3. The summed E-state index contributed by atoms with van der Waals surface area (Å²) in [4.78, 5) is 12.7. The topological polar surface area (TPSA) is 43.1 Å². The maximum Gasteiger partial charge on any atom is 0.416 e. The number of hydrogen-bond acceptors (Lipinski definition) is 2. The summed E-state index contributed by atoms with van der Waals surface area (Å²) >= 11 is 0. The fraction of sp³-hybridized carbons (Fsp3) is 0.0526. The van der Waals surface area contributed by atoms with Gasteiger partial charge in [-0.15, -0.1) is 0 Å². The number of nitrogens with zero attached hydrogens (tertiary/aromatic N) is 1. The zero-order chi connectivity index (χ0) is 17.8. The molecule has 0 bridgehead atoms. The van der Waals surface area contributed by atoms with Crippen molar-refractivity contribution in [3.63, 3.8) is 0 Å². The first-order chi connectivity index (χ1) is 11.9. The van der Waals surface area contributed by atoms with Crippen LogP contribution in [0.5, 0.6) is 0 Å². The van der Waals surface area contributed by atoms with Crippen molar-refractivity contribution in [1.29, 1.82) is 0 Å². The molecular formula is C19H10F3NO2. The SMILES string of the molecule is O=C1C(c2cccc3ccccc23)=[N+]([O-])c2ccc(C(F)(F)F)cc21. The Morgan fingerprint density at radius 2 is 1.60 bits per heavy atom. The molecule has 6 heteroatoms. The summed E-state index contributed by atoms with van der Waals surface area (Å²) in [5.41, 5.74) is -1.00. The summed E-state index contributed by atoms with van der Waals surface area (Å²) in [5.74, 6) is -0.701. The smallest absolute Gasteiger partial charge is 0.416 e. The summed E-state index contributed by atoms with van der Waals surface area (Å²) in [6, 6.07) is 15.0. The number of Topliss-reactive ketones (excluding diaryl/α,β-unsaturated/α-hetero) is 1. The molecule has 0 aromatic heterocycles. The van der Waals surface area contributed by atoms with E-state index in [-0.39, 0.29) is 17.0 Å². The Hall–Kier alpha value is -3.15. The van der Waals surface area contributed by atoms with Gasteiger partial charge in [-0.3, -0.25) is 4.79 Å². The zero-order valence-electron chi connectivity index (χ0n) is 12.7. The second-order valence-corrected chi connectivity index (χ2v) is 5.73. The van der Waals surface area contributed by atoms with E-state index in [4.69, 9.17) is 0 Å². The predicted molar refractivity (Wildman–Crippen MR) is 87.1 cm³/mol. The Balaban J connectivity index is 1.92. The Morgan fingerprint density at radius 1 is 0.880 bits per heavy atom. The maximum atomic E-state index is 12.9. The summed E-state index contributed by atoms with van der Waals surface area (Å²) in [5, 5.41) is 14.1. The standard InChI is InChI=1S/C19H10F3NO2/c20-19(21,22)12-8-9-16-15(10-12)18(24)17(23(16)25)14-7-3-5-11-4-1-2-6-13(11)14/h1-10H. The molecule has 0 aliphatic carbocycles. The van der Waals surface area contributed by atoms with Crippen LogP contribution in [0, 0.1) is 5.21 Å². The summed E-state index contributed by atoms with van der Waals surface area (Å²) in [6.07, 6.45) is -4.58. The van der Waals surface area contributed by atoms with Crippen molar-refractivity contribution in [2.24, 2.45) is 0 Å². The van der Waals surface area contributed by atoms with Gasteiger partial charge in [0, 0.05) is 6.07 Å². The van der Waals surface area contributed by atoms with Crippen molar-refractivity contribution in [3.05, 3.63) is 82.6 Å². The van der Waals surface area contributed by atoms with E-state index in [0.29, 0.717) is 15.7 Å². The third-order valence-electron chi connectivity index (χ3n) is 4.25. The number of rotatable bonds is 1. The molecule has 0 saturated carbocycles. The number of alkyl halides is 3. The van der Waals surface area contributed by atoms with Gasteiger partial charge in [-0.05, 0) is 29.0 Å². The molecule has 25 heavy (non-hydrogen) atoms. The minimum atomic E-state index is -4.58. The Morgan fingerprint density at radius 3 is 2.36 bits per heavy atom. The van der Waals surface area contributed by atoms with Crippen LogP contribution in [-0.4, -0.2) is 16.2 Å². The van der Waals surface area contributed by atoms with Crippen LogP contribution in [-0.2, 0) is 6.18 Å². The van der Waals surface area contributed by atoms with E-state index in [9.17, 15) is 23.2 Å². The Labute approximate surface area is 140 Å². The van der Waals surface area contributed by atoms with E-state index in [2.05, 4.69) is 0 Å². The lowest BCUT2D eigenvalue weighted by Crippen LogP contribution is -2.17. The van der Waals surface area contributed by atoms with Gasteiger partial charge < -0.3 is 5.21 Å². The van der Waals surface area contributed by atoms with Crippen LogP contribution >= 0.6 is 0 Å². The molecule has 4 rings (SSSR count). The van der Waals surface area contributed by atoms with Gasteiger partial charge in [0.1, 0.15) is 5.56 Å². The fourth-order valence-electron chi connectivity index (χ4n) is 3.08. The Kier molecular flexibility index (Phi) is 3.18. The third-order valence-corrected chi connectivity index (χ3v) is 4.25. The molecule has 0 spiro atoms. The zero-order valence-corrected chi connectivity index (χ0v) is 12.7. The van der Waals surface area contributed by atoms with E-state index in [1.54, 1.807) is 24.3 Å². The summed E-state index contributed by atoms with van der Waals surface area (Å²) in [7, 11) is 0. The van der Waals surface area contributed by atoms with E-state index in [1.165, 1.54) is 0 Å². The van der Waals surface area contributed by atoms with E-state index >= 15 is 0 Å². The highest BCUT2D eigenvalue weighted by Crippen LogP contribution is 2.36. The molecule has 0 fully saturated rings. The minimum Gasteiger partial charge on any atom is -0.618 e. The highest BCUT2D eigenvalue weighted by molar-refractivity contribution is 6.53. The lowest BCUT2D eigenvalue weighted by Gasteiger charge is -2.07. The number of ketones is 1. The fourth-order valence-corrected chi connectivity index (χ4v) is 3.08. The highest BCUT2D eigenvalue weighted by Gasteiger charge is 2.40. The van der Waals surface area contributed by atoms with Gasteiger partial charge in [-0.2, -0.15) is 17.9 Å². The van der Waals surface area contributed by atoms with Crippen LogP contribution in [0.25, 0.3) is 10.8 Å². The number of fused-ring (bicyclic) bond motifs is 2. The molecule has 0 saturated heterocycles. The van der Waals surface area contributed by atoms with Gasteiger partial charge in [-0.1, -0.05) is 36.4 Å². The first-order valence-electron chi connectivity index (χ1n) is 7.46. The van der Waals surface area contributed by atoms with Crippen molar-refractivity contribution in [1.82, 2.24) is 0 Å². The number of hydrogen-bond donors (Lipinski definition) is 0. The van der Waals surface area contributed by atoms with Crippen molar-refractivity contribution in [2.45, 2.75) is 6.18 Å². The highest BCUT2D eigenvalue weighted by atomic mass is 19.4. The molecule has 3 nitrogen and oxygen atoms in total. The lowest BCUT2D eigenvalue weighted by molar-refractivity contribution is -0.355. The molecule has 3 aromatic carbocycles. The number of carbonyl (C=O) groups is 1. The van der Waals surface area contributed by atoms with E-state index < -0.39 is 17.5 Å². The largest absolute Gasteiger partial charge is 0.618 e. The maximum absolute atomic E-state index is 12.9. The molecule has 0 N–H and O–H groups in total. The molecule has 0 radical (unpaired) electrons. The lowest BCUT2D eigenvalue weighted by atomic mass is 9.96. The van der Waals surface area contributed by atoms with Crippen molar-refractivity contribution in [2.75, 3.05) is 0 Å². The average molecular weight is 341 g/mol. The Bertz CT molecular complexity index is 1060. The second kappa shape index (κ2) is 5.17. The molecule has 0 unspecified atom stereocenters. The second-order valence-electron chi connectivity index (χ2n) is 5.73. The summed E-state index contributed by atoms with van der Waals surface area (Å²) < 4.78 is 39.1. The third kappa shape index (κ3) is 2.29. The van der Waals surface area contributed by atoms with E-state index in [1.807, 2.05) is 18.2 Å². The van der Waals surface area contributed by atoms with Gasteiger partial charge in [0.2, 0.25) is 5.69 Å². The molecule has 0 amide bonds. The average Bonchev–Trinajstić information content (AvgIpc) is 2.84. The van der Waals surface area contributed by atoms with Crippen molar-refractivity contribution in [3.8, 4) is 0 Å². The van der Waals surface area contributed by atoms with Gasteiger partial charge in [-0.25, -0.2) is 0 Å². The van der Waals surface area contributed by atoms with Crippen LogP contribution in [0.1, 0.15) is 21.5 Å². The molecule has 1 heterocycles. The van der Waals surface area contributed by atoms with Gasteiger partial charge in [0.05, 0.1) is 11.1 Å². The van der Waals surface area contributed by atoms with Crippen LogP contribution in [0.15, 0.2) is 60.7 Å². The van der Waals surface area contributed by atoms with Crippen LogP contribution in [0.3, 0.4) is 0 Å². The number of halogens is 3. The van der Waals surface area contributed by atoms with Crippen molar-refractivity contribution >= 4 is 28.0 Å². The quantitative estimate of drug-likeness (QED) is 0.476. The minimum absolute atomic E-state index is 0.0686. The van der Waals surface area contributed by atoms with E-state index in [0.717, 1.165) is 23.6 Å². The molecule has 124 valence electrons. The van der Waals surface area contributed by atoms with Gasteiger partial charge in [0.15, 0.2) is 0 Å². The number of benzene rings is 3. The summed E-state index contributed by atoms with van der Waals surface area (Å²) in [6.45, 7) is 0. The van der Waals surface area contributed by atoms with Crippen molar-refractivity contribution < 1.29 is 22.7 Å².